The molecule has 0 spiro atoms. The van der Waals surface area contributed by atoms with Crippen molar-refractivity contribution in [3.63, 3.8) is 0 Å². The van der Waals surface area contributed by atoms with Crippen LogP contribution in [0, 0.1) is 11.8 Å². The van der Waals surface area contributed by atoms with Gasteiger partial charge < -0.3 is 25.4 Å². The lowest BCUT2D eigenvalue weighted by Gasteiger charge is -2.38. The fourth-order valence-corrected chi connectivity index (χ4v) is 3.89. The minimum Gasteiger partial charge on any atom is -0.480 e. The molecule has 0 aromatic heterocycles. The lowest BCUT2D eigenvalue weighted by molar-refractivity contribution is -0.152. The summed E-state index contributed by atoms with van der Waals surface area (Å²) < 4.78 is 4.51. The minimum absolute atomic E-state index is 0.00320. The molecule has 31 heavy (non-hydrogen) atoms. The van der Waals surface area contributed by atoms with E-state index in [2.05, 4.69) is 20.9 Å². The smallest absolute Gasteiger partial charge is 0.333 e. The topological polar surface area (TPSA) is 146 Å². The van der Waals surface area contributed by atoms with Crippen LogP contribution in [0.3, 0.4) is 0 Å². The first-order valence-electron chi connectivity index (χ1n) is 10.8. The normalized spacial score (nSPS) is 23.1. The Morgan fingerprint density at radius 3 is 2.55 bits per heavy atom. The number of esters is 1. The summed E-state index contributed by atoms with van der Waals surface area (Å²) in [6.07, 6.45) is 3.82. The van der Waals surface area contributed by atoms with Gasteiger partial charge in [-0.25, -0.2) is 4.79 Å². The number of carbonyl (C=O) groups is 4. The van der Waals surface area contributed by atoms with Gasteiger partial charge in [-0.2, -0.15) is 5.48 Å². The van der Waals surface area contributed by atoms with Crippen molar-refractivity contribution in [3.05, 3.63) is 0 Å². The molecule has 0 radical (unpaired) electrons. The lowest BCUT2D eigenvalue weighted by atomic mass is 9.90. The van der Waals surface area contributed by atoms with E-state index in [-0.39, 0.29) is 19.1 Å². The number of rotatable bonds is 10. The zero-order chi connectivity index (χ0) is 22.8. The van der Waals surface area contributed by atoms with E-state index in [1.54, 1.807) is 4.90 Å². The van der Waals surface area contributed by atoms with Crippen LogP contribution in [0.5, 0.6) is 0 Å². The number of hydrogen-bond donors (Lipinski definition) is 4. The van der Waals surface area contributed by atoms with Crippen LogP contribution in [0.4, 0.5) is 0 Å². The van der Waals surface area contributed by atoms with E-state index in [0.29, 0.717) is 25.3 Å². The Morgan fingerprint density at radius 2 is 1.90 bits per heavy atom. The molecule has 2 amide bonds. The predicted molar refractivity (Wildman–Crippen MR) is 110 cm³/mol. The number of carboxylic acid groups (broad SMARTS) is 1. The van der Waals surface area contributed by atoms with Gasteiger partial charge in [-0.15, -0.1) is 0 Å². The van der Waals surface area contributed by atoms with Crippen molar-refractivity contribution in [2.45, 2.75) is 51.1 Å². The first-order chi connectivity index (χ1) is 14.8. The molecule has 2 saturated heterocycles. The summed E-state index contributed by atoms with van der Waals surface area (Å²) in [5.74, 6) is -2.38. The number of hydroxylamine groups is 1. The average Bonchev–Trinajstić information content (AvgIpc) is 2.77. The summed E-state index contributed by atoms with van der Waals surface area (Å²) in [6.45, 7) is 3.61. The van der Waals surface area contributed by atoms with Crippen LogP contribution >= 0.6 is 0 Å². The number of aliphatic carboxylic acids is 1. The number of hydrogen-bond acceptors (Lipinski definition) is 8. The monoisotopic (exact) mass is 442 g/mol. The van der Waals surface area contributed by atoms with Gasteiger partial charge in [0.05, 0.1) is 13.0 Å². The molecule has 2 rings (SSSR count). The molecule has 1 unspecified atom stereocenters. The van der Waals surface area contributed by atoms with Crippen LogP contribution in [0.1, 0.15) is 39.0 Å². The van der Waals surface area contributed by atoms with E-state index >= 15 is 0 Å². The maximum Gasteiger partial charge on any atom is 0.333 e. The third-order valence-electron chi connectivity index (χ3n) is 5.91. The van der Waals surface area contributed by atoms with Crippen LogP contribution < -0.4 is 16.1 Å². The highest BCUT2D eigenvalue weighted by Crippen LogP contribution is 2.22. The number of carbonyl (C=O) groups excluding carboxylic acids is 3. The predicted octanol–water partition coefficient (Wildman–Crippen LogP) is -0.733. The Kier molecular flexibility index (Phi) is 10.2. The SMILES string of the molecule is COC(=O)CONC1CCN(C(=O)CCC2CCNCC2)C[C@H]1C(=O)N[C@H](C)C(=O)O. The lowest BCUT2D eigenvalue weighted by Crippen LogP contribution is -2.57. The Hall–Kier alpha value is -2.24. The van der Waals surface area contributed by atoms with Gasteiger partial charge in [0.15, 0.2) is 6.61 Å². The molecule has 2 fully saturated rings. The van der Waals surface area contributed by atoms with Crippen molar-refractivity contribution in [1.82, 2.24) is 21.0 Å². The standard InChI is InChI=1S/C20H34N4O7/c1-13(20(28)29)22-19(27)15-11-24(10-7-16(15)23-31-12-18(26)30-2)17(25)4-3-14-5-8-21-9-6-14/h13-16,21,23H,3-12H2,1-2H3,(H,22,27)(H,28,29)/t13-,15-,16?/m1/s1. The van der Waals surface area contributed by atoms with E-state index in [4.69, 9.17) is 9.94 Å². The number of methoxy groups -OCH3 is 1. The number of piperidine rings is 2. The Morgan fingerprint density at radius 1 is 1.19 bits per heavy atom. The van der Waals surface area contributed by atoms with E-state index in [0.717, 1.165) is 32.4 Å². The van der Waals surface area contributed by atoms with Crippen LogP contribution in [-0.4, -0.2) is 85.7 Å². The van der Waals surface area contributed by atoms with Crippen LogP contribution in [0.25, 0.3) is 0 Å². The van der Waals surface area contributed by atoms with Gasteiger partial charge >= 0.3 is 11.9 Å². The third kappa shape index (κ3) is 8.08. The maximum absolute atomic E-state index is 12.8. The van der Waals surface area contributed by atoms with Crippen LogP contribution in [0.2, 0.25) is 0 Å². The highest BCUT2D eigenvalue weighted by Gasteiger charge is 2.37. The van der Waals surface area contributed by atoms with Crippen molar-refractivity contribution in [3.8, 4) is 0 Å². The number of nitrogens with zero attached hydrogens (tertiary/aromatic N) is 1. The fourth-order valence-electron chi connectivity index (χ4n) is 3.89. The number of likely N-dealkylation sites (tertiary alicyclic amines) is 1. The number of carboxylic acids is 1. The van der Waals surface area contributed by atoms with Gasteiger partial charge in [0.25, 0.3) is 0 Å². The molecule has 0 bridgehead atoms. The minimum atomic E-state index is -1.15. The average molecular weight is 443 g/mol. The van der Waals surface area contributed by atoms with Crippen molar-refractivity contribution in [2.24, 2.45) is 11.8 Å². The van der Waals surface area contributed by atoms with Gasteiger partial charge in [-0.1, -0.05) is 0 Å². The number of amides is 2. The Labute approximate surface area is 182 Å². The molecule has 2 heterocycles. The van der Waals surface area contributed by atoms with Gasteiger partial charge in [-0.05, 0) is 51.6 Å². The summed E-state index contributed by atoms with van der Waals surface area (Å²) in [6, 6.07) is -1.53. The summed E-state index contributed by atoms with van der Waals surface area (Å²) in [4.78, 5) is 54.7. The maximum atomic E-state index is 12.8. The second kappa shape index (κ2) is 12.6. The molecule has 0 aliphatic carbocycles. The second-order valence-corrected chi connectivity index (χ2v) is 8.12. The highest BCUT2D eigenvalue weighted by molar-refractivity contribution is 5.86. The van der Waals surface area contributed by atoms with E-state index < -0.39 is 35.8 Å². The number of nitrogens with one attached hydrogen (secondary N) is 3. The first-order valence-corrected chi connectivity index (χ1v) is 10.8. The summed E-state index contributed by atoms with van der Waals surface area (Å²) in [5.41, 5.74) is 2.71. The van der Waals surface area contributed by atoms with Crippen molar-refractivity contribution in [2.75, 3.05) is 39.9 Å². The quantitative estimate of drug-likeness (QED) is 0.254. The molecule has 176 valence electrons. The van der Waals surface area contributed by atoms with E-state index in [9.17, 15) is 19.2 Å². The van der Waals surface area contributed by atoms with Gasteiger partial charge in [0.2, 0.25) is 11.8 Å². The molecule has 0 saturated carbocycles. The first kappa shape index (κ1) is 25.0. The molecule has 0 aromatic rings. The molecular weight excluding hydrogens is 408 g/mol. The number of ether oxygens (including phenoxy) is 1. The van der Waals surface area contributed by atoms with E-state index in [1.165, 1.54) is 14.0 Å². The van der Waals surface area contributed by atoms with Crippen LogP contribution in [-0.2, 0) is 28.8 Å². The summed E-state index contributed by atoms with van der Waals surface area (Å²) >= 11 is 0. The zero-order valence-corrected chi connectivity index (χ0v) is 18.2. The summed E-state index contributed by atoms with van der Waals surface area (Å²) in [7, 11) is 1.24. The fraction of sp³-hybridized carbons (Fsp3) is 0.800. The summed E-state index contributed by atoms with van der Waals surface area (Å²) in [5, 5.41) is 14.9. The molecule has 3 atom stereocenters. The molecule has 4 N–H and O–H groups in total. The van der Waals surface area contributed by atoms with Crippen LogP contribution in [0.15, 0.2) is 0 Å². The van der Waals surface area contributed by atoms with Gasteiger partial charge in [0.1, 0.15) is 6.04 Å². The zero-order valence-electron chi connectivity index (χ0n) is 18.2. The molecular formula is C20H34N4O7. The Balaban J connectivity index is 1.94. The Bertz CT molecular complexity index is 639. The van der Waals surface area contributed by atoms with Crippen molar-refractivity contribution in [1.29, 1.82) is 0 Å². The highest BCUT2D eigenvalue weighted by atomic mass is 16.7. The van der Waals surface area contributed by atoms with Crippen molar-refractivity contribution >= 4 is 23.8 Å². The van der Waals surface area contributed by atoms with E-state index in [1.807, 2.05) is 0 Å². The second-order valence-electron chi connectivity index (χ2n) is 8.12. The largest absolute Gasteiger partial charge is 0.480 e. The van der Waals surface area contributed by atoms with Gasteiger partial charge in [0, 0.05) is 25.6 Å². The van der Waals surface area contributed by atoms with Gasteiger partial charge in [-0.3, -0.25) is 19.2 Å². The third-order valence-corrected chi connectivity index (χ3v) is 5.91. The molecule has 11 heteroatoms. The molecule has 2 aliphatic rings. The molecule has 11 nitrogen and oxygen atoms in total. The molecule has 2 aliphatic heterocycles. The van der Waals surface area contributed by atoms with Crippen molar-refractivity contribution < 1.29 is 33.9 Å². The molecule has 0 aromatic carbocycles.